The number of anilines is 6. The Labute approximate surface area is 331 Å². The van der Waals surface area contributed by atoms with Gasteiger partial charge in [0.2, 0.25) is 0 Å². The van der Waals surface area contributed by atoms with Gasteiger partial charge in [-0.3, -0.25) is 0 Å². The molecule has 9 aromatic carbocycles. The van der Waals surface area contributed by atoms with Crippen molar-refractivity contribution < 1.29 is 8.83 Å². The quantitative estimate of drug-likeness (QED) is 0.170. The van der Waals surface area contributed by atoms with Crippen LogP contribution in [0.3, 0.4) is 0 Å². The van der Waals surface area contributed by atoms with E-state index in [4.69, 9.17) is 8.83 Å². The average molecular weight is 749 g/mol. The number of nitrogens with zero attached hydrogens (tertiary/aromatic N) is 2. The summed E-state index contributed by atoms with van der Waals surface area (Å²) in [6.07, 6.45) is 0. The van der Waals surface area contributed by atoms with Gasteiger partial charge in [0.15, 0.2) is 0 Å². The van der Waals surface area contributed by atoms with E-state index in [1.54, 1.807) is 0 Å². The van der Waals surface area contributed by atoms with E-state index in [9.17, 15) is 0 Å². The average Bonchev–Trinajstić information content (AvgIpc) is 3.95. The van der Waals surface area contributed by atoms with Crippen molar-refractivity contribution in [1.29, 1.82) is 0 Å². The summed E-state index contributed by atoms with van der Waals surface area (Å²) in [5.74, 6) is 0. The molecule has 12 rings (SSSR count). The predicted octanol–water partition coefficient (Wildman–Crippen LogP) is 15.9. The lowest BCUT2D eigenvalue weighted by Gasteiger charge is -2.33. The number of rotatable bonds is 6. The molecule has 0 bridgehead atoms. The van der Waals surface area contributed by atoms with Gasteiger partial charge in [0.25, 0.3) is 0 Å². The standard InChI is InChI=1S/C52H32N2O2S/c1-3-14-34(15-4-1)53(37-25-28-51-44(30-37)40-20-10-12-22-50(40)57-51)45-31-43-41-26-23-33-13-7-8-18-38(33)52(41)56-49(43)32-46(45)54(35-16-5-2-6-17-35)36-24-27-48-42(29-36)39-19-9-11-21-47(39)55-48/h1-32H. The van der Waals surface area contributed by atoms with Gasteiger partial charge in [0.05, 0.1) is 11.4 Å². The molecule has 3 aromatic heterocycles. The number of para-hydroxylation sites is 3. The molecule has 0 aliphatic heterocycles. The largest absolute Gasteiger partial charge is 0.456 e. The van der Waals surface area contributed by atoms with Gasteiger partial charge in [-0.1, -0.05) is 103 Å². The first-order valence-corrected chi connectivity index (χ1v) is 20.0. The van der Waals surface area contributed by atoms with E-state index in [0.717, 1.165) is 88.8 Å². The van der Waals surface area contributed by atoms with Crippen molar-refractivity contribution in [1.82, 2.24) is 0 Å². The molecule has 12 aromatic rings. The smallest absolute Gasteiger partial charge is 0.143 e. The molecule has 0 unspecified atom stereocenters. The van der Waals surface area contributed by atoms with Crippen LogP contribution in [0.15, 0.2) is 203 Å². The Morgan fingerprint density at radius 1 is 0.316 bits per heavy atom. The normalized spacial score (nSPS) is 11.9. The van der Waals surface area contributed by atoms with Crippen LogP contribution in [-0.4, -0.2) is 0 Å². The fourth-order valence-corrected chi connectivity index (χ4v) is 9.69. The molecule has 0 amide bonds. The van der Waals surface area contributed by atoms with Gasteiger partial charge in [0, 0.05) is 75.9 Å². The fraction of sp³-hybridized carbons (Fsp3) is 0. The minimum atomic E-state index is 0.822. The maximum Gasteiger partial charge on any atom is 0.143 e. The Morgan fingerprint density at radius 2 is 0.895 bits per heavy atom. The first kappa shape index (κ1) is 32.0. The summed E-state index contributed by atoms with van der Waals surface area (Å²) < 4.78 is 15.8. The van der Waals surface area contributed by atoms with Crippen LogP contribution in [0.5, 0.6) is 0 Å². The second-order valence-electron chi connectivity index (χ2n) is 14.5. The molecule has 0 atom stereocenters. The highest BCUT2D eigenvalue weighted by Crippen LogP contribution is 2.50. The Kier molecular flexibility index (Phi) is 7.06. The van der Waals surface area contributed by atoms with E-state index in [1.807, 2.05) is 23.5 Å². The number of benzene rings is 9. The summed E-state index contributed by atoms with van der Waals surface area (Å²) in [6.45, 7) is 0. The summed E-state index contributed by atoms with van der Waals surface area (Å²) in [4.78, 5) is 4.76. The predicted molar refractivity (Wildman–Crippen MR) is 241 cm³/mol. The molecule has 0 radical (unpaired) electrons. The molecule has 0 aliphatic rings. The summed E-state index contributed by atoms with van der Waals surface area (Å²) >= 11 is 1.84. The molecule has 57 heavy (non-hydrogen) atoms. The highest BCUT2D eigenvalue weighted by molar-refractivity contribution is 7.25. The van der Waals surface area contributed by atoms with Gasteiger partial charge in [0.1, 0.15) is 22.3 Å². The van der Waals surface area contributed by atoms with Crippen molar-refractivity contribution in [3.63, 3.8) is 0 Å². The zero-order valence-corrected chi connectivity index (χ0v) is 31.4. The second kappa shape index (κ2) is 12.6. The molecule has 0 spiro atoms. The van der Waals surface area contributed by atoms with Gasteiger partial charge < -0.3 is 18.6 Å². The van der Waals surface area contributed by atoms with Gasteiger partial charge >= 0.3 is 0 Å². The molecule has 0 N–H and O–H groups in total. The third-order valence-corrected chi connectivity index (χ3v) is 12.4. The van der Waals surface area contributed by atoms with Crippen LogP contribution in [0.4, 0.5) is 34.1 Å². The molecule has 0 fully saturated rings. The first-order valence-electron chi connectivity index (χ1n) is 19.2. The Bertz CT molecular complexity index is 3490. The van der Waals surface area contributed by atoms with Crippen LogP contribution in [0.2, 0.25) is 0 Å². The molecule has 0 aliphatic carbocycles. The molecular formula is C52H32N2O2S. The first-order chi connectivity index (χ1) is 28.2. The van der Waals surface area contributed by atoms with Crippen LogP contribution in [0.25, 0.3) is 74.8 Å². The summed E-state index contributed by atoms with van der Waals surface area (Å²) in [7, 11) is 0. The maximum absolute atomic E-state index is 6.93. The Hall–Kier alpha value is -7.34. The zero-order valence-electron chi connectivity index (χ0n) is 30.6. The van der Waals surface area contributed by atoms with Crippen molar-refractivity contribution in [2.45, 2.75) is 0 Å². The number of thiophene rings is 1. The number of hydrogen-bond acceptors (Lipinski definition) is 5. The number of fused-ring (bicyclic) bond motifs is 11. The topological polar surface area (TPSA) is 32.8 Å². The van der Waals surface area contributed by atoms with Gasteiger partial charge in [-0.25, -0.2) is 0 Å². The minimum Gasteiger partial charge on any atom is -0.456 e. The van der Waals surface area contributed by atoms with Crippen molar-refractivity contribution in [2.24, 2.45) is 0 Å². The number of hydrogen-bond donors (Lipinski definition) is 0. The molecule has 0 saturated heterocycles. The van der Waals surface area contributed by atoms with E-state index in [-0.39, 0.29) is 0 Å². The third-order valence-electron chi connectivity index (χ3n) is 11.2. The molecule has 3 heterocycles. The van der Waals surface area contributed by atoms with E-state index in [1.165, 1.54) is 20.2 Å². The third kappa shape index (κ3) is 5.06. The highest BCUT2D eigenvalue weighted by Gasteiger charge is 2.26. The molecule has 5 heteroatoms. The van der Waals surface area contributed by atoms with Crippen molar-refractivity contribution in [3.05, 3.63) is 194 Å². The van der Waals surface area contributed by atoms with Crippen LogP contribution >= 0.6 is 11.3 Å². The lowest BCUT2D eigenvalue weighted by atomic mass is 10.0. The molecule has 4 nitrogen and oxygen atoms in total. The fourth-order valence-electron chi connectivity index (χ4n) is 8.60. The van der Waals surface area contributed by atoms with Crippen LogP contribution in [0, 0.1) is 0 Å². The second-order valence-corrected chi connectivity index (χ2v) is 15.6. The molecule has 0 saturated carbocycles. The summed E-state index contributed by atoms with van der Waals surface area (Å²) in [5, 5.41) is 9.06. The maximum atomic E-state index is 6.93. The van der Waals surface area contributed by atoms with E-state index < -0.39 is 0 Å². The zero-order chi connectivity index (χ0) is 37.5. The minimum absolute atomic E-state index is 0.822. The van der Waals surface area contributed by atoms with E-state index >= 15 is 0 Å². The van der Waals surface area contributed by atoms with Crippen LogP contribution in [-0.2, 0) is 0 Å². The van der Waals surface area contributed by atoms with E-state index in [2.05, 4.69) is 192 Å². The summed E-state index contributed by atoms with van der Waals surface area (Å²) in [5.41, 5.74) is 9.60. The van der Waals surface area contributed by atoms with Crippen molar-refractivity contribution in [2.75, 3.05) is 9.80 Å². The van der Waals surface area contributed by atoms with Crippen LogP contribution in [0.1, 0.15) is 0 Å². The van der Waals surface area contributed by atoms with E-state index in [0.29, 0.717) is 0 Å². The van der Waals surface area contributed by atoms with Gasteiger partial charge in [-0.05, 0) is 90.3 Å². The summed E-state index contributed by atoms with van der Waals surface area (Å²) in [6, 6.07) is 69.1. The van der Waals surface area contributed by atoms with Crippen LogP contribution < -0.4 is 9.80 Å². The molecular weight excluding hydrogens is 717 g/mol. The van der Waals surface area contributed by atoms with Crippen molar-refractivity contribution in [3.8, 4) is 0 Å². The number of furan rings is 2. The lowest BCUT2D eigenvalue weighted by molar-refractivity contribution is 0.669. The monoisotopic (exact) mass is 748 g/mol. The van der Waals surface area contributed by atoms with Gasteiger partial charge in [-0.15, -0.1) is 11.3 Å². The SMILES string of the molecule is c1ccc(N(c2ccc3oc4ccccc4c3c2)c2cc3oc4c5ccccc5ccc4c3cc2N(c2ccccc2)c2ccc3sc4ccccc4c3c2)cc1. The Morgan fingerprint density at radius 3 is 1.68 bits per heavy atom. The molecule has 268 valence electrons. The lowest BCUT2D eigenvalue weighted by Crippen LogP contribution is -2.17. The van der Waals surface area contributed by atoms with Crippen molar-refractivity contribution >= 4 is 120 Å². The highest BCUT2D eigenvalue weighted by atomic mass is 32.1. The Balaban J connectivity index is 1.20. The van der Waals surface area contributed by atoms with Gasteiger partial charge in [-0.2, -0.15) is 0 Å².